The normalized spacial score (nSPS) is 16.3. The quantitative estimate of drug-likeness (QED) is 0.691. The number of hydrogen-bond donors (Lipinski definition) is 1. The first-order valence-corrected chi connectivity index (χ1v) is 11.2. The Bertz CT molecular complexity index is 746. The molecule has 1 saturated heterocycles. The summed E-state index contributed by atoms with van der Waals surface area (Å²) < 4.78 is 36.2. The fourth-order valence-electron chi connectivity index (χ4n) is 2.80. The van der Waals surface area contributed by atoms with E-state index in [-0.39, 0.29) is 11.9 Å². The second-order valence-electron chi connectivity index (χ2n) is 6.25. The highest BCUT2D eigenvalue weighted by molar-refractivity contribution is 9.10. The fourth-order valence-corrected chi connectivity index (χ4v) is 4.23. The van der Waals surface area contributed by atoms with Crippen molar-refractivity contribution in [3.05, 3.63) is 22.2 Å². The van der Waals surface area contributed by atoms with Crippen LogP contribution >= 0.6 is 15.9 Å². The number of nitrogens with one attached hydrogen (secondary N) is 1. The van der Waals surface area contributed by atoms with Crippen LogP contribution < -0.4 is 14.8 Å². The van der Waals surface area contributed by atoms with Crippen molar-refractivity contribution in [2.75, 3.05) is 33.1 Å². The van der Waals surface area contributed by atoms with Gasteiger partial charge in [-0.25, -0.2) is 12.7 Å². The van der Waals surface area contributed by atoms with E-state index in [4.69, 9.17) is 9.47 Å². The second-order valence-corrected chi connectivity index (χ2v) is 9.08. The SMILES string of the molecule is CCCOc1c(Br)cc(C(=O)NC2CCN(S(C)(=O)=O)CC2)cc1OC. The minimum Gasteiger partial charge on any atom is -0.493 e. The van der Waals surface area contributed by atoms with Gasteiger partial charge in [0.2, 0.25) is 10.0 Å². The first-order chi connectivity index (χ1) is 12.3. The van der Waals surface area contributed by atoms with Gasteiger partial charge in [-0.1, -0.05) is 6.92 Å². The van der Waals surface area contributed by atoms with Gasteiger partial charge in [0.25, 0.3) is 5.91 Å². The highest BCUT2D eigenvalue weighted by Crippen LogP contribution is 2.36. The molecule has 1 amide bonds. The lowest BCUT2D eigenvalue weighted by atomic mass is 10.1. The molecule has 0 atom stereocenters. The Morgan fingerprint density at radius 1 is 1.35 bits per heavy atom. The Hall–Kier alpha value is -1.32. The maximum atomic E-state index is 12.6. The number of methoxy groups -OCH3 is 1. The number of halogens is 1. The Morgan fingerprint density at radius 3 is 2.54 bits per heavy atom. The number of benzene rings is 1. The van der Waals surface area contributed by atoms with Gasteiger partial charge in [0.05, 0.1) is 24.4 Å². The largest absolute Gasteiger partial charge is 0.493 e. The minimum atomic E-state index is -3.17. The Labute approximate surface area is 163 Å². The first kappa shape index (κ1) is 21.0. The smallest absolute Gasteiger partial charge is 0.251 e. The standard InChI is InChI=1S/C17H25BrN2O5S/c1-4-9-25-16-14(18)10-12(11-15(16)24-2)17(21)19-13-5-7-20(8-6-13)26(3,22)23/h10-11,13H,4-9H2,1-3H3,(H,19,21). The maximum Gasteiger partial charge on any atom is 0.251 e. The molecule has 146 valence electrons. The van der Waals surface area contributed by atoms with Crippen LogP contribution in [0.1, 0.15) is 36.5 Å². The summed E-state index contributed by atoms with van der Waals surface area (Å²) in [5.74, 6) is 0.848. The third-order valence-electron chi connectivity index (χ3n) is 4.20. The van der Waals surface area contributed by atoms with Crippen LogP contribution in [-0.4, -0.2) is 57.7 Å². The summed E-state index contributed by atoms with van der Waals surface area (Å²) in [4.78, 5) is 12.6. The van der Waals surface area contributed by atoms with Crippen LogP contribution in [-0.2, 0) is 10.0 Å². The number of rotatable bonds is 7. The van der Waals surface area contributed by atoms with E-state index in [0.717, 1.165) is 6.42 Å². The van der Waals surface area contributed by atoms with E-state index in [9.17, 15) is 13.2 Å². The molecule has 7 nitrogen and oxygen atoms in total. The average Bonchev–Trinajstić information content (AvgIpc) is 2.59. The molecule has 1 aliphatic rings. The third-order valence-corrected chi connectivity index (χ3v) is 6.09. The number of nitrogens with zero attached hydrogens (tertiary/aromatic N) is 1. The predicted molar refractivity (Wildman–Crippen MR) is 103 cm³/mol. The molecule has 0 spiro atoms. The fraction of sp³-hybridized carbons (Fsp3) is 0.588. The van der Waals surface area contributed by atoms with Gasteiger partial charge < -0.3 is 14.8 Å². The lowest BCUT2D eigenvalue weighted by molar-refractivity contribution is 0.0923. The number of piperidine rings is 1. The Kier molecular flexibility index (Phi) is 7.31. The molecule has 9 heteroatoms. The minimum absolute atomic E-state index is 0.0544. The lowest BCUT2D eigenvalue weighted by Crippen LogP contribution is -2.46. The molecular weight excluding hydrogens is 424 g/mol. The van der Waals surface area contributed by atoms with Gasteiger partial charge in [0.1, 0.15) is 0 Å². The molecule has 1 N–H and O–H groups in total. The summed E-state index contributed by atoms with van der Waals surface area (Å²) in [5.41, 5.74) is 0.461. The van der Waals surface area contributed by atoms with Crippen LogP contribution in [0.4, 0.5) is 0 Å². The highest BCUT2D eigenvalue weighted by atomic mass is 79.9. The molecule has 0 aliphatic carbocycles. The van der Waals surface area contributed by atoms with E-state index in [1.165, 1.54) is 17.7 Å². The Balaban J connectivity index is 2.05. The first-order valence-electron chi connectivity index (χ1n) is 8.52. The van der Waals surface area contributed by atoms with Crippen LogP contribution in [0.25, 0.3) is 0 Å². The zero-order valence-corrected chi connectivity index (χ0v) is 17.7. The topological polar surface area (TPSA) is 84.9 Å². The highest BCUT2D eigenvalue weighted by Gasteiger charge is 2.26. The molecule has 0 unspecified atom stereocenters. The van der Waals surface area contributed by atoms with Gasteiger partial charge in [0, 0.05) is 24.7 Å². The molecule has 1 fully saturated rings. The van der Waals surface area contributed by atoms with Crippen molar-refractivity contribution in [1.82, 2.24) is 9.62 Å². The molecule has 1 heterocycles. The molecule has 0 aromatic heterocycles. The van der Waals surface area contributed by atoms with Crippen LogP contribution in [0.5, 0.6) is 11.5 Å². The van der Waals surface area contributed by atoms with Crippen LogP contribution in [0.2, 0.25) is 0 Å². The summed E-state index contributed by atoms with van der Waals surface area (Å²) in [7, 11) is -1.64. The number of amides is 1. The van der Waals surface area contributed by atoms with Crippen LogP contribution in [0, 0.1) is 0 Å². The van der Waals surface area contributed by atoms with Crippen LogP contribution in [0.15, 0.2) is 16.6 Å². The van der Waals surface area contributed by atoms with Crippen molar-refractivity contribution in [3.63, 3.8) is 0 Å². The summed E-state index contributed by atoms with van der Waals surface area (Å²) in [5, 5.41) is 2.97. The third kappa shape index (κ3) is 5.34. The van der Waals surface area contributed by atoms with Gasteiger partial charge >= 0.3 is 0 Å². The second kappa shape index (κ2) is 9.05. The van der Waals surface area contributed by atoms with E-state index in [1.807, 2.05) is 6.92 Å². The van der Waals surface area contributed by atoms with Gasteiger partial charge in [-0.15, -0.1) is 0 Å². The summed E-state index contributed by atoms with van der Waals surface area (Å²) in [6.07, 6.45) is 3.26. The molecule has 0 bridgehead atoms. The van der Waals surface area contributed by atoms with E-state index < -0.39 is 10.0 Å². The van der Waals surface area contributed by atoms with Gasteiger partial charge in [0.15, 0.2) is 11.5 Å². The molecule has 1 aromatic carbocycles. The summed E-state index contributed by atoms with van der Waals surface area (Å²) in [6.45, 7) is 3.40. The molecule has 2 rings (SSSR count). The maximum absolute atomic E-state index is 12.6. The average molecular weight is 449 g/mol. The number of hydrogen-bond acceptors (Lipinski definition) is 5. The lowest BCUT2D eigenvalue weighted by Gasteiger charge is -2.30. The number of ether oxygens (including phenoxy) is 2. The predicted octanol–water partition coefficient (Wildman–Crippen LogP) is 2.40. The molecule has 1 aliphatic heterocycles. The van der Waals surface area contributed by atoms with Crippen molar-refractivity contribution >= 4 is 31.9 Å². The zero-order chi connectivity index (χ0) is 19.3. The van der Waals surface area contributed by atoms with Crippen LogP contribution in [0.3, 0.4) is 0 Å². The molecule has 1 aromatic rings. The zero-order valence-electron chi connectivity index (χ0n) is 15.2. The number of carbonyl (C=O) groups excluding carboxylic acids is 1. The van der Waals surface area contributed by atoms with Crippen molar-refractivity contribution in [2.24, 2.45) is 0 Å². The van der Waals surface area contributed by atoms with Crippen molar-refractivity contribution < 1.29 is 22.7 Å². The van der Waals surface area contributed by atoms with E-state index in [0.29, 0.717) is 54.1 Å². The summed E-state index contributed by atoms with van der Waals surface area (Å²) >= 11 is 3.43. The monoisotopic (exact) mass is 448 g/mol. The summed E-state index contributed by atoms with van der Waals surface area (Å²) in [6, 6.07) is 3.30. The van der Waals surface area contributed by atoms with Gasteiger partial charge in [-0.05, 0) is 47.3 Å². The van der Waals surface area contributed by atoms with E-state index in [1.54, 1.807) is 12.1 Å². The molecular formula is C17H25BrN2O5S. The van der Waals surface area contributed by atoms with Gasteiger partial charge in [-0.3, -0.25) is 4.79 Å². The van der Waals surface area contributed by atoms with E-state index >= 15 is 0 Å². The van der Waals surface area contributed by atoms with Crippen molar-refractivity contribution in [1.29, 1.82) is 0 Å². The number of sulfonamides is 1. The molecule has 26 heavy (non-hydrogen) atoms. The van der Waals surface area contributed by atoms with Gasteiger partial charge in [-0.2, -0.15) is 0 Å². The van der Waals surface area contributed by atoms with E-state index in [2.05, 4.69) is 21.2 Å². The Morgan fingerprint density at radius 2 is 2.00 bits per heavy atom. The molecule has 0 saturated carbocycles. The van der Waals surface area contributed by atoms with Crippen molar-refractivity contribution in [3.8, 4) is 11.5 Å². The van der Waals surface area contributed by atoms with Crippen molar-refractivity contribution in [2.45, 2.75) is 32.2 Å². The molecule has 0 radical (unpaired) electrons. The number of carbonyl (C=O) groups is 1.